The van der Waals surface area contributed by atoms with Crippen LogP contribution in [0.1, 0.15) is 154 Å². The Hall–Kier alpha value is -5.75. The van der Waals surface area contributed by atoms with E-state index in [9.17, 15) is 0 Å². The molecule has 0 radical (unpaired) electrons. The van der Waals surface area contributed by atoms with Gasteiger partial charge in [0.15, 0.2) is 0 Å². The zero-order chi connectivity index (χ0) is 48.3. The van der Waals surface area contributed by atoms with Crippen molar-refractivity contribution in [3.05, 3.63) is 183 Å². The van der Waals surface area contributed by atoms with Gasteiger partial charge >= 0.3 is 7.40 Å². The number of halogens is 2. The summed E-state index contributed by atoms with van der Waals surface area (Å²) in [6, 6.07) is 41.8. The highest BCUT2D eigenvalue weighted by Crippen LogP contribution is 2.48. The lowest BCUT2D eigenvalue weighted by molar-refractivity contribution is 0.411. The van der Waals surface area contributed by atoms with E-state index in [1.54, 1.807) is 7.11 Å². The molecule has 0 unspecified atom stereocenters. The topological polar surface area (TPSA) is 26.5 Å². The molecule has 0 amide bonds. The molecule has 3 nitrogen and oxygen atoms in total. The molecular formula is C60H69BF2N2O. The van der Waals surface area contributed by atoms with Gasteiger partial charge in [0.25, 0.3) is 0 Å². The van der Waals surface area contributed by atoms with Crippen molar-refractivity contribution in [2.24, 2.45) is 4.99 Å². The van der Waals surface area contributed by atoms with Gasteiger partial charge in [0.1, 0.15) is 5.75 Å². The number of nitrogens with zero attached hydrogens (tertiary/aromatic N) is 2. The second-order valence-electron chi connectivity index (χ2n) is 23.2. The Balaban J connectivity index is 1.66. The summed E-state index contributed by atoms with van der Waals surface area (Å²) >= 11 is 0. The smallest absolute Gasteiger partial charge is 0.496 e. The number of hydrogen-bond acceptors (Lipinski definition) is 2. The van der Waals surface area contributed by atoms with Crippen LogP contribution in [-0.2, 0) is 27.1 Å². The summed E-state index contributed by atoms with van der Waals surface area (Å²) in [5.41, 5.74) is 13.5. The molecule has 5 aromatic carbocycles. The molecule has 6 aromatic rings. The van der Waals surface area contributed by atoms with Crippen molar-refractivity contribution in [1.29, 1.82) is 0 Å². The monoisotopic (exact) mass is 883 g/mol. The van der Waals surface area contributed by atoms with E-state index in [0.717, 1.165) is 44.7 Å². The van der Waals surface area contributed by atoms with E-state index in [2.05, 4.69) is 207 Å². The quantitative estimate of drug-likeness (QED) is 0.140. The molecule has 0 bridgehead atoms. The lowest BCUT2D eigenvalue weighted by atomic mass is 9.83. The first-order chi connectivity index (χ1) is 30.7. The number of aliphatic imine (C=N–C) groups is 1. The van der Waals surface area contributed by atoms with Gasteiger partial charge in [-0.05, 0) is 89.8 Å². The van der Waals surface area contributed by atoms with Crippen LogP contribution < -0.4 is 4.74 Å². The van der Waals surface area contributed by atoms with Gasteiger partial charge in [-0.3, -0.25) is 8.63 Å². The zero-order valence-electron chi connectivity index (χ0n) is 42.3. The van der Waals surface area contributed by atoms with E-state index in [1.807, 2.05) is 24.3 Å². The third-order valence-corrected chi connectivity index (χ3v) is 13.0. The second-order valence-corrected chi connectivity index (χ2v) is 23.2. The highest BCUT2D eigenvalue weighted by atomic mass is 19.2. The van der Waals surface area contributed by atoms with Gasteiger partial charge in [-0.2, -0.15) is 0 Å². The van der Waals surface area contributed by atoms with E-state index in [1.165, 1.54) is 15.6 Å². The third kappa shape index (κ3) is 9.85. The van der Waals surface area contributed by atoms with Crippen molar-refractivity contribution >= 4 is 24.3 Å². The maximum atomic E-state index is 16.7. The summed E-state index contributed by atoms with van der Waals surface area (Å²) < 4.78 is 40.9. The van der Waals surface area contributed by atoms with Crippen molar-refractivity contribution in [2.75, 3.05) is 7.11 Å². The summed E-state index contributed by atoms with van der Waals surface area (Å²) in [5, 5.41) is 0. The molecule has 342 valence electrons. The lowest BCUT2D eigenvalue weighted by Gasteiger charge is -2.24. The van der Waals surface area contributed by atoms with Crippen LogP contribution in [0.5, 0.6) is 5.75 Å². The summed E-state index contributed by atoms with van der Waals surface area (Å²) in [6.45, 7) is 32.8. The largest absolute Gasteiger partial charge is 0.678 e. The molecule has 0 N–H and O–H groups in total. The summed E-state index contributed by atoms with van der Waals surface area (Å²) in [4.78, 5) is 5.57. The Bertz CT molecular complexity index is 2820. The molecule has 66 heavy (non-hydrogen) atoms. The predicted molar refractivity (Wildman–Crippen MR) is 279 cm³/mol. The normalized spacial score (nSPS) is 14.6. The maximum absolute atomic E-state index is 16.7. The standard InChI is InChI=1S/C60H69BF2N2O/c1-56(2,3)42-25-17-38(18-26-42)48-36-50(40-21-29-44(30-22-40)58(7,8)9)64-54(48)53(47-34-33-46(60(13,14)15)35-52(47)66-16)55-49(39-19-27-43(28-20-39)57(4,5)6)37-51(65(55)61(62)63)41-23-31-45(32-24-41)59(10,11)12/h17-37H,1-16H3/b54-53-. The molecule has 0 aliphatic carbocycles. The molecule has 7 rings (SSSR count). The Morgan fingerprint density at radius 1 is 0.485 bits per heavy atom. The molecule has 0 atom stereocenters. The van der Waals surface area contributed by atoms with Gasteiger partial charge in [-0.25, -0.2) is 4.99 Å². The molecule has 0 saturated carbocycles. The number of ether oxygens (including phenoxy) is 1. The van der Waals surface area contributed by atoms with Crippen molar-refractivity contribution in [3.8, 4) is 28.1 Å². The number of methoxy groups -OCH3 is 1. The summed E-state index contributed by atoms with van der Waals surface area (Å²) in [5.74, 6) is 0.581. The fourth-order valence-electron chi connectivity index (χ4n) is 8.71. The van der Waals surface area contributed by atoms with Crippen molar-refractivity contribution in [1.82, 2.24) is 4.48 Å². The van der Waals surface area contributed by atoms with Crippen molar-refractivity contribution in [3.63, 3.8) is 0 Å². The molecule has 0 saturated heterocycles. The maximum Gasteiger partial charge on any atom is 0.678 e. The summed E-state index contributed by atoms with van der Waals surface area (Å²) in [7, 11) is -1.25. The van der Waals surface area contributed by atoms with Crippen molar-refractivity contribution in [2.45, 2.75) is 131 Å². The first-order valence-electron chi connectivity index (χ1n) is 23.4. The lowest BCUT2D eigenvalue weighted by Crippen LogP contribution is -2.19. The number of hydrogen-bond donors (Lipinski definition) is 0. The number of rotatable bonds is 8. The van der Waals surface area contributed by atoms with Crippen LogP contribution in [0.2, 0.25) is 0 Å². The Labute approximate surface area is 395 Å². The van der Waals surface area contributed by atoms with Crippen LogP contribution in [0.4, 0.5) is 8.63 Å². The van der Waals surface area contributed by atoms with E-state index in [4.69, 9.17) is 9.73 Å². The molecule has 6 heteroatoms. The zero-order valence-corrected chi connectivity index (χ0v) is 42.3. The molecule has 0 fully saturated rings. The minimum absolute atomic E-state index is 0.0350. The molecule has 1 aromatic heterocycles. The van der Waals surface area contributed by atoms with E-state index < -0.39 is 7.40 Å². The Morgan fingerprint density at radius 3 is 1.29 bits per heavy atom. The average Bonchev–Trinajstić information content (AvgIpc) is 3.86. The van der Waals surface area contributed by atoms with Gasteiger partial charge in [-0.1, -0.05) is 213 Å². The molecule has 1 aliphatic heterocycles. The predicted octanol–water partition coefficient (Wildman–Crippen LogP) is 16.4. The van der Waals surface area contributed by atoms with E-state index >= 15 is 8.63 Å². The minimum Gasteiger partial charge on any atom is -0.496 e. The second kappa shape index (κ2) is 17.5. The molecule has 0 spiro atoms. The first-order valence-corrected chi connectivity index (χ1v) is 23.4. The molecule has 1 aliphatic rings. The number of aromatic nitrogens is 1. The fourth-order valence-corrected chi connectivity index (χ4v) is 8.71. The van der Waals surface area contributed by atoms with E-state index in [0.29, 0.717) is 45.1 Å². The van der Waals surface area contributed by atoms with Crippen LogP contribution in [0.15, 0.2) is 138 Å². The van der Waals surface area contributed by atoms with Crippen LogP contribution in [0.3, 0.4) is 0 Å². The van der Waals surface area contributed by atoms with Gasteiger partial charge in [0.05, 0.1) is 24.2 Å². The van der Waals surface area contributed by atoms with Gasteiger partial charge in [-0.15, -0.1) is 0 Å². The highest BCUT2D eigenvalue weighted by molar-refractivity contribution is 6.42. The van der Waals surface area contributed by atoms with Gasteiger partial charge < -0.3 is 9.21 Å². The molecule has 2 heterocycles. The van der Waals surface area contributed by atoms with E-state index in [-0.39, 0.29) is 27.1 Å². The average molecular weight is 883 g/mol. The molecular weight excluding hydrogens is 813 g/mol. The van der Waals surface area contributed by atoms with Gasteiger partial charge in [0, 0.05) is 33.5 Å². The summed E-state index contributed by atoms with van der Waals surface area (Å²) in [6.07, 6.45) is 2.13. The van der Waals surface area contributed by atoms with Gasteiger partial charge in [0.2, 0.25) is 0 Å². The third-order valence-electron chi connectivity index (χ3n) is 13.0. The first kappa shape index (κ1) is 48.2. The Kier molecular flexibility index (Phi) is 12.8. The SMILES string of the molecule is COc1cc(C(C)(C)C)ccc1/C(=C1/N=C(c2ccc(C(C)(C)C)cc2)C=C1c1ccc(C(C)(C)C)cc1)c1c(-c2ccc(C(C)(C)C)cc2)cc(-c2ccc(C(C)(C)C)cc2)n1B(F)F. The number of allylic oxidation sites excluding steroid dienone is 2. The highest BCUT2D eigenvalue weighted by Gasteiger charge is 2.35. The van der Waals surface area contributed by atoms with Crippen LogP contribution in [0.25, 0.3) is 33.5 Å². The fraction of sp³-hybridized carbons (Fsp3) is 0.350. The van der Waals surface area contributed by atoms with Crippen LogP contribution >= 0.6 is 0 Å². The van der Waals surface area contributed by atoms with Crippen LogP contribution in [0, 0.1) is 0 Å². The van der Waals surface area contributed by atoms with Crippen molar-refractivity contribution < 1.29 is 13.4 Å². The van der Waals surface area contributed by atoms with Crippen LogP contribution in [-0.4, -0.2) is 24.7 Å². The minimum atomic E-state index is -2.91. The number of benzene rings is 5. The Morgan fingerprint density at radius 2 is 0.879 bits per heavy atom.